The summed E-state index contributed by atoms with van der Waals surface area (Å²) in [6, 6.07) is 30.1. The average molecular weight is 496 g/mol. The van der Waals surface area contributed by atoms with Crippen LogP contribution in [0, 0.1) is 18.3 Å². The SMILES string of the molecule is Cc1ccc(S(=O)(=O)[C@@H](C#N)c2nc3ccccc3nc2SCc2cccc3ccccc23)cc1. The summed E-state index contributed by atoms with van der Waals surface area (Å²) >= 11 is 1.40. The minimum absolute atomic E-state index is 0.0922. The standard InChI is InChI=1S/C28H21N3O2S2/c1-19-13-15-22(16-14-19)35(32,33)26(17-29)27-28(31-25-12-5-4-11-24(25)30-27)34-18-21-9-6-8-20-7-2-3-10-23(20)21/h2-16,26H,18H2,1H3/t26-/m0/s1. The number of hydrogen-bond acceptors (Lipinski definition) is 6. The highest BCUT2D eigenvalue weighted by Crippen LogP contribution is 2.36. The molecule has 5 aromatic rings. The summed E-state index contributed by atoms with van der Waals surface area (Å²) in [5.41, 5.74) is 3.41. The fourth-order valence-corrected chi connectivity index (χ4v) is 6.46. The van der Waals surface area contributed by atoms with Crippen LogP contribution in [0.5, 0.6) is 0 Å². The Morgan fingerprint density at radius 3 is 2.26 bits per heavy atom. The molecule has 1 heterocycles. The Bertz CT molecular complexity index is 1690. The van der Waals surface area contributed by atoms with Gasteiger partial charge in [-0.2, -0.15) is 5.26 Å². The normalized spacial score (nSPS) is 12.5. The minimum Gasteiger partial charge on any atom is -0.246 e. The van der Waals surface area contributed by atoms with E-state index in [2.05, 4.69) is 23.2 Å². The van der Waals surface area contributed by atoms with Gasteiger partial charge in [-0.15, -0.1) is 0 Å². The Kier molecular flexibility index (Phi) is 6.25. The molecule has 0 fully saturated rings. The van der Waals surface area contributed by atoms with E-state index >= 15 is 0 Å². The molecule has 7 heteroatoms. The Morgan fingerprint density at radius 1 is 0.857 bits per heavy atom. The number of sulfone groups is 1. The van der Waals surface area contributed by atoms with E-state index in [-0.39, 0.29) is 10.6 Å². The summed E-state index contributed by atoms with van der Waals surface area (Å²) in [7, 11) is -4.01. The van der Waals surface area contributed by atoms with Crippen molar-refractivity contribution in [3.63, 3.8) is 0 Å². The summed E-state index contributed by atoms with van der Waals surface area (Å²) in [6.07, 6.45) is 0. The van der Waals surface area contributed by atoms with Gasteiger partial charge < -0.3 is 0 Å². The van der Waals surface area contributed by atoms with Crippen molar-refractivity contribution in [2.45, 2.75) is 27.8 Å². The minimum atomic E-state index is -4.01. The maximum absolute atomic E-state index is 13.5. The first-order valence-corrected chi connectivity index (χ1v) is 13.6. The van der Waals surface area contributed by atoms with E-state index in [9.17, 15) is 13.7 Å². The van der Waals surface area contributed by atoms with Gasteiger partial charge in [0.1, 0.15) is 10.7 Å². The van der Waals surface area contributed by atoms with Crippen molar-refractivity contribution in [1.29, 1.82) is 5.26 Å². The number of nitriles is 1. The smallest absolute Gasteiger partial charge is 0.200 e. The molecule has 0 saturated heterocycles. The van der Waals surface area contributed by atoms with Gasteiger partial charge in [0.25, 0.3) is 0 Å². The summed E-state index contributed by atoms with van der Waals surface area (Å²) < 4.78 is 27.0. The summed E-state index contributed by atoms with van der Waals surface area (Å²) in [5, 5.41) is 11.3. The van der Waals surface area contributed by atoms with Crippen LogP contribution in [0.4, 0.5) is 0 Å². The zero-order chi connectivity index (χ0) is 24.4. The number of para-hydroxylation sites is 2. The van der Waals surface area contributed by atoms with Crippen molar-refractivity contribution in [2.75, 3.05) is 0 Å². The topological polar surface area (TPSA) is 83.7 Å². The molecule has 0 radical (unpaired) electrons. The molecule has 35 heavy (non-hydrogen) atoms. The molecule has 0 bridgehead atoms. The summed E-state index contributed by atoms with van der Waals surface area (Å²) in [5.74, 6) is 0.560. The first-order chi connectivity index (χ1) is 17.0. The monoisotopic (exact) mass is 495 g/mol. The van der Waals surface area contributed by atoms with Gasteiger partial charge in [-0.05, 0) is 47.5 Å². The first-order valence-electron chi connectivity index (χ1n) is 11.0. The number of aryl methyl sites for hydroxylation is 1. The molecule has 0 unspecified atom stereocenters. The fourth-order valence-electron chi connectivity index (χ4n) is 3.98. The van der Waals surface area contributed by atoms with E-state index in [1.807, 2.05) is 55.5 Å². The van der Waals surface area contributed by atoms with Gasteiger partial charge in [-0.3, -0.25) is 0 Å². The predicted octanol–water partition coefficient (Wildman–Crippen LogP) is 6.42. The lowest BCUT2D eigenvalue weighted by Crippen LogP contribution is -2.15. The van der Waals surface area contributed by atoms with Crippen molar-refractivity contribution >= 4 is 43.4 Å². The molecule has 0 aliphatic carbocycles. The Hall–Kier alpha value is -3.73. The van der Waals surface area contributed by atoms with Gasteiger partial charge in [-0.1, -0.05) is 84.1 Å². The van der Waals surface area contributed by atoms with E-state index < -0.39 is 15.1 Å². The van der Waals surface area contributed by atoms with Crippen LogP contribution in [-0.2, 0) is 15.6 Å². The molecule has 0 N–H and O–H groups in total. The molecule has 5 rings (SSSR count). The van der Waals surface area contributed by atoms with Gasteiger partial charge >= 0.3 is 0 Å². The van der Waals surface area contributed by atoms with Crippen molar-refractivity contribution < 1.29 is 8.42 Å². The third-order valence-corrected chi connectivity index (χ3v) is 8.74. The highest BCUT2D eigenvalue weighted by molar-refractivity contribution is 7.98. The number of hydrogen-bond donors (Lipinski definition) is 0. The highest BCUT2D eigenvalue weighted by atomic mass is 32.2. The van der Waals surface area contributed by atoms with Gasteiger partial charge in [0.15, 0.2) is 15.1 Å². The van der Waals surface area contributed by atoms with Crippen molar-refractivity contribution in [3.8, 4) is 6.07 Å². The van der Waals surface area contributed by atoms with E-state index in [0.717, 1.165) is 21.9 Å². The van der Waals surface area contributed by atoms with E-state index in [0.29, 0.717) is 21.8 Å². The summed E-state index contributed by atoms with van der Waals surface area (Å²) in [6.45, 7) is 1.88. The number of thioether (sulfide) groups is 1. The van der Waals surface area contributed by atoms with Gasteiger partial charge in [0.2, 0.25) is 0 Å². The fraction of sp³-hybridized carbons (Fsp3) is 0.107. The number of aromatic nitrogens is 2. The maximum atomic E-state index is 13.5. The van der Waals surface area contributed by atoms with Crippen LogP contribution in [0.15, 0.2) is 101 Å². The quantitative estimate of drug-likeness (QED) is 0.253. The van der Waals surface area contributed by atoms with Gasteiger partial charge in [0, 0.05) is 5.75 Å². The second-order valence-corrected chi connectivity index (χ2v) is 11.2. The molecule has 0 aliphatic rings. The Balaban J connectivity index is 1.60. The van der Waals surface area contributed by atoms with Crippen LogP contribution in [0.2, 0.25) is 0 Å². The van der Waals surface area contributed by atoms with Crippen molar-refractivity contribution in [3.05, 3.63) is 108 Å². The second-order valence-electron chi connectivity index (χ2n) is 8.20. The number of nitrogens with zero attached hydrogens (tertiary/aromatic N) is 3. The van der Waals surface area contributed by atoms with Crippen LogP contribution in [-0.4, -0.2) is 18.4 Å². The Morgan fingerprint density at radius 2 is 1.51 bits per heavy atom. The van der Waals surface area contributed by atoms with Gasteiger partial charge in [0.05, 0.1) is 22.0 Å². The molecule has 172 valence electrons. The second kappa shape index (κ2) is 9.49. The maximum Gasteiger partial charge on any atom is 0.200 e. The number of fused-ring (bicyclic) bond motifs is 2. The van der Waals surface area contributed by atoms with Crippen LogP contribution in [0.3, 0.4) is 0 Å². The van der Waals surface area contributed by atoms with Crippen LogP contribution < -0.4 is 0 Å². The van der Waals surface area contributed by atoms with E-state index in [1.54, 1.807) is 18.2 Å². The zero-order valence-corrected chi connectivity index (χ0v) is 20.6. The molecule has 4 aromatic carbocycles. The third kappa shape index (κ3) is 4.51. The number of benzene rings is 4. The molecular weight excluding hydrogens is 474 g/mol. The molecule has 5 nitrogen and oxygen atoms in total. The highest BCUT2D eigenvalue weighted by Gasteiger charge is 2.33. The third-order valence-electron chi connectivity index (χ3n) is 5.83. The lowest BCUT2D eigenvalue weighted by molar-refractivity contribution is 0.589. The first kappa shape index (κ1) is 23.0. The predicted molar refractivity (Wildman–Crippen MR) is 140 cm³/mol. The molecule has 1 aromatic heterocycles. The van der Waals surface area contributed by atoms with Gasteiger partial charge in [-0.25, -0.2) is 18.4 Å². The van der Waals surface area contributed by atoms with Crippen LogP contribution in [0.1, 0.15) is 22.1 Å². The van der Waals surface area contributed by atoms with Crippen LogP contribution >= 0.6 is 11.8 Å². The van der Waals surface area contributed by atoms with Crippen molar-refractivity contribution in [2.24, 2.45) is 0 Å². The van der Waals surface area contributed by atoms with E-state index in [4.69, 9.17) is 4.98 Å². The average Bonchev–Trinajstić information content (AvgIpc) is 2.88. The molecule has 0 aliphatic heterocycles. The lowest BCUT2D eigenvalue weighted by Gasteiger charge is -2.15. The molecular formula is C28H21N3O2S2. The molecule has 1 atom stereocenters. The molecule has 0 spiro atoms. The number of rotatable bonds is 6. The lowest BCUT2D eigenvalue weighted by atomic mass is 10.1. The summed E-state index contributed by atoms with van der Waals surface area (Å²) in [4.78, 5) is 9.48. The molecule has 0 saturated carbocycles. The Labute approximate surface area is 208 Å². The van der Waals surface area contributed by atoms with Crippen LogP contribution in [0.25, 0.3) is 21.8 Å². The zero-order valence-electron chi connectivity index (χ0n) is 18.9. The van der Waals surface area contributed by atoms with Crippen molar-refractivity contribution in [1.82, 2.24) is 9.97 Å². The van der Waals surface area contributed by atoms with E-state index in [1.165, 1.54) is 23.9 Å². The largest absolute Gasteiger partial charge is 0.246 e. The molecule has 0 amide bonds.